The van der Waals surface area contributed by atoms with Crippen molar-refractivity contribution in [3.8, 4) is 0 Å². The third kappa shape index (κ3) is 3.72. The average molecular weight is 301 g/mol. The topological polar surface area (TPSA) is 100 Å². The number of benzene rings is 1. The van der Waals surface area contributed by atoms with Gasteiger partial charge in [-0.3, -0.25) is 0 Å². The normalized spacial score (nSPS) is 19.0. The van der Waals surface area contributed by atoms with E-state index >= 15 is 0 Å². The van der Waals surface area contributed by atoms with Crippen LogP contribution in [0.3, 0.4) is 0 Å². The van der Waals surface area contributed by atoms with Crippen molar-refractivity contribution in [1.82, 2.24) is 4.90 Å². The maximum Gasteiger partial charge on any atom is 0.125 e. The van der Waals surface area contributed by atoms with Crippen LogP contribution in [0.25, 0.3) is 0 Å². The van der Waals surface area contributed by atoms with Crippen LogP contribution < -0.4 is 11.5 Å². The fourth-order valence-corrected chi connectivity index (χ4v) is 2.24. The van der Waals surface area contributed by atoms with Gasteiger partial charge in [-0.1, -0.05) is 31.5 Å². The van der Waals surface area contributed by atoms with Gasteiger partial charge in [0, 0.05) is 18.3 Å². The molecule has 2 rings (SSSR count). The van der Waals surface area contributed by atoms with Gasteiger partial charge in [0.1, 0.15) is 11.9 Å². The van der Waals surface area contributed by atoms with E-state index in [1.165, 1.54) is 0 Å². The first-order chi connectivity index (χ1) is 10.7. The molecule has 0 fully saturated rings. The number of hydrogen-bond acceptors (Lipinski definition) is 6. The number of unbranched alkanes of at least 4 members (excludes halogenated alkanes) is 1. The van der Waals surface area contributed by atoms with Crippen LogP contribution in [0.15, 0.2) is 63.7 Å². The monoisotopic (exact) mass is 301 g/mol. The van der Waals surface area contributed by atoms with E-state index in [2.05, 4.69) is 17.2 Å². The Kier molecular flexibility index (Phi) is 5.68. The molecule has 0 spiro atoms. The summed E-state index contributed by atoms with van der Waals surface area (Å²) in [6, 6.07) is 9.43. The fourth-order valence-electron chi connectivity index (χ4n) is 2.24. The summed E-state index contributed by atoms with van der Waals surface area (Å²) in [5, 5.41) is 17.9. The zero-order valence-electron chi connectivity index (χ0n) is 12.8. The van der Waals surface area contributed by atoms with Gasteiger partial charge >= 0.3 is 0 Å². The molecule has 5 N–H and O–H groups in total. The van der Waals surface area contributed by atoms with Crippen molar-refractivity contribution in [2.24, 2.45) is 21.7 Å². The van der Waals surface area contributed by atoms with Gasteiger partial charge in [0.25, 0.3) is 0 Å². The molecule has 0 bridgehead atoms. The minimum absolute atomic E-state index is 0.187. The molecule has 0 radical (unpaired) electrons. The van der Waals surface area contributed by atoms with Crippen LogP contribution in [0.4, 0.5) is 5.69 Å². The van der Waals surface area contributed by atoms with Crippen LogP contribution in [0, 0.1) is 0 Å². The van der Waals surface area contributed by atoms with E-state index in [4.69, 9.17) is 11.5 Å². The number of azo groups is 1. The quantitative estimate of drug-likeness (QED) is 0.701. The highest BCUT2D eigenvalue weighted by atomic mass is 16.3. The molecular weight excluding hydrogens is 278 g/mol. The molecule has 1 aliphatic heterocycles. The zero-order valence-corrected chi connectivity index (χ0v) is 12.8. The molecule has 22 heavy (non-hydrogen) atoms. The second-order valence-electron chi connectivity index (χ2n) is 5.18. The lowest BCUT2D eigenvalue weighted by molar-refractivity contribution is 0.253. The minimum atomic E-state index is -0.410. The van der Waals surface area contributed by atoms with E-state index in [0.29, 0.717) is 17.0 Å². The number of aliphatic hydroxyl groups excluding tert-OH is 1. The van der Waals surface area contributed by atoms with Gasteiger partial charge in [-0.2, -0.15) is 5.11 Å². The Morgan fingerprint density at radius 2 is 1.95 bits per heavy atom. The van der Waals surface area contributed by atoms with Crippen LogP contribution >= 0.6 is 0 Å². The summed E-state index contributed by atoms with van der Waals surface area (Å²) in [6.07, 6.45) is 3.48. The summed E-state index contributed by atoms with van der Waals surface area (Å²) >= 11 is 0. The summed E-state index contributed by atoms with van der Waals surface area (Å²) in [5.74, 6) is 0. The maximum atomic E-state index is 9.53. The van der Waals surface area contributed by atoms with Crippen molar-refractivity contribution < 1.29 is 5.11 Å². The Morgan fingerprint density at radius 1 is 1.23 bits per heavy atom. The first kappa shape index (κ1) is 16.2. The fraction of sp³-hybridized carbons (Fsp3) is 0.375. The number of hydrogen-bond donors (Lipinski definition) is 3. The predicted molar refractivity (Wildman–Crippen MR) is 86.9 cm³/mol. The van der Waals surface area contributed by atoms with E-state index in [1.807, 2.05) is 41.4 Å². The average Bonchev–Trinajstić information content (AvgIpc) is 2.54. The minimum Gasteiger partial charge on any atom is -0.397 e. The molecule has 1 atom stereocenters. The molecule has 1 unspecified atom stereocenters. The molecule has 1 heterocycles. The van der Waals surface area contributed by atoms with Crippen LogP contribution in [0.5, 0.6) is 0 Å². The highest BCUT2D eigenvalue weighted by Gasteiger charge is 2.25. The van der Waals surface area contributed by atoms with Crippen molar-refractivity contribution in [2.75, 3.05) is 13.2 Å². The van der Waals surface area contributed by atoms with E-state index < -0.39 is 6.17 Å². The van der Waals surface area contributed by atoms with Crippen molar-refractivity contribution >= 4 is 5.69 Å². The Hall–Kier alpha value is -2.18. The highest BCUT2D eigenvalue weighted by molar-refractivity contribution is 5.39. The molecule has 118 valence electrons. The van der Waals surface area contributed by atoms with E-state index in [0.717, 1.165) is 25.1 Å². The molecule has 1 aliphatic rings. The van der Waals surface area contributed by atoms with Crippen LogP contribution in [0.2, 0.25) is 0 Å². The maximum absolute atomic E-state index is 9.53. The van der Waals surface area contributed by atoms with Crippen molar-refractivity contribution in [3.63, 3.8) is 0 Å². The van der Waals surface area contributed by atoms with Crippen LogP contribution in [-0.2, 0) is 0 Å². The molecule has 0 amide bonds. The lowest BCUT2D eigenvalue weighted by Crippen LogP contribution is -2.45. The lowest BCUT2D eigenvalue weighted by Gasteiger charge is -2.33. The van der Waals surface area contributed by atoms with Crippen molar-refractivity contribution in [3.05, 3.63) is 53.5 Å². The molecule has 0 saturated carbocycles. The van der Waals surface area contributed by atoms with Gasteiger partial charge in [0.05, 0.1) is 18.0 Å². The van der Waals surface area contributed by atoms with Crippen LogP contribution in [-0.4, -0.2) is 29.3 Å². The van der Waals surface area contributed by atoms with Gasteiger partial charge in [0.15, 0.2) is 0 Å². The van der Waals surface area contributed by atoms with Crippen LogP contribution in [0.1, 0.15) is 19.8 Å². The largest absolute Gasteiger partial charge is 0.397 e. The van der Waals surface area contributed by atoms with Gasteiger partial charge in [-0.05, 0) is 18.6 Å². The number of nitrogens with two attached hydrogens (primary N) is 2. The first-order valence-corrected chi connectivity index (χ1v) is 7.47. The van der Waals surface area contributed by atoms with Gasteiger partial charge in [-0.25, -0.2) is 0 Å². The summed E-state index contributed by atoms with van der Waals surface area (Å²) in [6.45, 7) is 2.72. The highest BCUT2D eigenvalue weighted by Crippen LogP contribution is 2.24. The molecule has 1 aromatic carbocycles. The Morgan fingerprint density at radius 3 is 2.59 bits per heavy atom. The second-order valence-corrected chi connectivity index (χ2v) is 5.18. The third-order valence-corrected chi connectivity index (χ3v) is 3.59. The third-order valence-electron chi connectivity index (χ3n) is 3.59. The number of nitrogens with zero attached hydrogens (tertiary/aromatic N) is 3. The first-order valence-electron chi connectivity index (χ1n) is 7.47. The van der Waals surface area contributed by atoms with Gasteiger partial charge in [0.2, 0.25) is 0 Å². The smallest absolute Gasteiger partial charge is 0.125 e. The lowest BCUT2D eigenvalue weighted by atomic mass is 10.1. The zero-order chi connectivity index (χ0) is 15.9. The van der Waals surface area contributed by atoms with Crippen molar-refractivity contribution in [1.29, 1.82) is 0 Å². The number of aliphatic hydroxyl groups is 1. The summed E-state index contributed by atoms with van der Waals surface area (Å²) in [5.41, 5.74) is 14.5. The number of rotatable bonds is 6. The van der Waals surface area contributed by atoms with E-state index in [-0.39, 0.29) is 6.61 Å². The van der Waals surface area contributed by atoms with E-state index in [1.54, 1.807) is 0 Å². The van der Waals surface area contributed by atoms with Gasteiger partial charge < -0.3 is 21.5 Å². The summed E-state index contributed by atoms with van der Waals surface area (Å²) < 4.78 is 0. The molecule has 1 aromatic rings. The standard InChI is InChI=1S/C16H23N5O/c1-2-3-9-21-10-14(15(17)13(11-22)16(21)18)20-19-12-7-5-4-6-8-12/h4-8,10,16,22H,2-3,9,11,17-18H2,1H3. The molecule has 0 aliphatic carbocycles. The Bertz CT molecular complexity index is 579. The molecular formula is C16H23N5O. The van der Waals surface area contributed by atoms with Gasteiger partial charge in [-0.15, -0.1) is 5.11 Å². The molecule has 6 heteroatoms. The Balaban J connectivity index is 2.25. The van der Waals surface area contributed by atoms with Crippen molar-refractivity contribution in [2.45, 2.75) is 25.9 Å². The second kappa shape index (κ2) is 7.72. The Labute approximate surface area is 130 Å². The molecule has 0 aromatic heterocycles. The molecule has 6 nitrogen and oxygen atoms in total. The summed E-state index contributed by atoms with van der Waals surface area (Å²) in [7, 11) is 0. The molecule has 0 saturated heterocycles. The SMILES string of the molecule is CCCCN1C=C(N=Nc2ccccc2)C(N)=C(CO)C1N. The van der Waals surface area contributed by atoms with E-state index in [9.17, 15) is 5.11 Å². The summed E-state index contributed by atoms with van der Waals surface area (Å²) in [4.78, 5) is 1.95. The predicted octanol–water partition coefficient (Wildman–Crippen LogP) is 2.22.